The van der Waals surface area contributed by atoms with Crippen LogP contribution in [-0.4, -0.2) is 38.2 Å². The van der Waals surface area contributed by atoms with Crippen LogP contribution in [0, 0.1) is 5.41 Å². The highest BCUT2D eigenvalue weighted by molar-refractivity contribution is 5.32. The molecule has 0 aliphatic heterocycles. The van der Waals surface area contributed by atoms with Gasteiger partial charge in [-0.2, -0.15) is 4.98 Å². The maximum absolute atomic E-state index is 9.10. The molecule has 0 atom stereocenters. The standard InChI is InChI=1S/C17H26N4O3/c1-17(2,12-16(22)23)11-15-20-14(21-24-15)8-4-6-10-19-13-7-3-5-9-18-13/h3,5,7,9,16,22-23H,4,6,8,10-12H2,1-2H3,(H,18,19). The fourth-order valence-electron chi connectivity index (χ4n) is 2.53. The molecule has 2 aromatic heterocycles. The molecule has 0 saturated heterocycles. The number of pyridine rings is 1. The number of aromatic nitrogens is 3. The van der Waals surface area contributed by atoms with E-state index in [-0.39, 0.29) is 11.8 Å². The monoisotopic (exact) mass is 334 g/mol. The van der Waals surface area contributed by atoms with Gasteiger partial charge in [-0.1, -0.05) is 25.1 Å². The van der Waals surface area contributed by atoms with Gasteiger partial charge in [0.15, 0.2) is 12.1 Å². The van der Waals surface area contributed by atoms with Gasteiger partial charge in [-0.25, -0.2) is 4.98 Å². The summed E-state index contributed by atoms with van der Waals surface area (Å²) in [7, 11) is 0. The topological polar surface area (TPSA) is 104 Å². The normalized spacial score (nSPS) is 11.9. The molecule has 0 amide bonds. The van der Waals surface area contributed by atoms with Gasteiger partial charge >= 0.3 is 0 Å². The summed E-state index contributed by atoms with van der Waals surface area (Å²) < 4.78 is 5.26. The molecule has 0 unspecified atom stereocenters. The summed E-state index contributed by atoms with van der Waals surface area (Å²) in [6.07, 6.45) is 3.94. The van der Waals surface area contributed by atoms with E-state index in [1.165, 1.54) is 0 Å². The largest absolute Gasteiger partial charge is 0.370 e. The third kappa shape index (κ3) is 6.64. The molecule has 2 aromatic rings. The molecule has 2 heterocycles. The minimum absolute atomic E-state index is 0.268. The van der Waals surface area contributed by atoms with Crippen molar-refractivity contribution in [2.24, 2.45) is 5.41 Å². The second-order valence-corrected chi connectivity index (χ2v) is 6.73. The van der Waals surface area contributed by atoms with Crippen molar-refractivity contribution in [2.75, 3.05) is 11.9 Å². The van der Waals surface area contributed by atoms with Crippen molar-refractivity contribution in [1.29, 1.82) is 0 Å². The van der Waals surface area contributed by atoms with Gasteiger partial charge in [-0.3, -0.25) is 0 Å². The first-order valence-corrected chi connectivity index (χ1v) is 8.27. The molecule has 0 fully saturated rings. The summed E-state index contributed by atoms with van der Waals surface area (Å²) in [5.74, 6) is 2.12. The van der Waals surface area contributed by atoms with E-state index in [2.05, 4.69) is 20.4 Å². The van der Waals surface area contributed by atoms with Crippen molar-refractivity contribution in [1.82, 2.24) is 15.1 Å². The van der Waals surface area contributed by atoms with Crippen molar-refractivity contribution >= 4 is 5.82 Å². The molecule has 132 valence electrons. The first-order valence-electron chi connectivity index (χ1n) is 8.27. The van der Waals surface area contributed by atoms with Gasteiger partial charge in [0.1, 0.15) is 5.82 Å². The van der Waals surface area contributed by atoms with Gasteiger partial charge in [-0.15, -0.1) is 0 Å². The van der Waals surface area contributed by atoms with Crippen LogP contribution in [0.1, 0.15) is 44.8 Å². The van der Waals surface area contributed by atoms with E-state index in [4.69, 9.17) is 14.7 Å². The van der Waals surface area contributed by atoms with Crippen LogP contribution in [0.4, 0.5) is 5.82 Å². The number of nitrogens with zero attached hydrogens (tertiary/aromatic N) is 3. The van der Waals surface area contributed by atoms with Crippen LogP contribution in [-0.2, 0) is 12.8 Å². The number of hydrogen-bond donors (Lipinski definition) is 3. The first-order chi connectivity index (χ1) is 11.4. The zero-order valence-corrected chi connectivity index (χ0v) is 14.3. The molecular formula is C17H26N4O3. The van der Waals surface area contributed by atoms with E-state index in [9.17, 15) is 0 Å². The Labute approximate surface area is 142 Å². The second-order valence-electron chi connectivity index (χ2n) is 6.73. The molecule has 2 rings (SSSR count). The number of aliphatic hydroxyl groups excluding tert-OH is 1. The smallest absolute Gasteiger partial charge is 0.227 e. The summed E-state index contributed by atoms with van der Waals surface area (Å²) in [5, 5.41) is 25.5. The third-order valence-corrected chi connectivity index (χ3v) is 3.67. The first kappa shape index (κ1) is 18.4. The fraction of sp³-hybridized carbons (Fsp3) is 0.588. The molecule has 0 aliphatic carbocycles. The van der Waals surface area contributed by atoms with Gasteiger partial charge < -0.3 is 20.1 Å². The molecule has 7 heteroatoms. The van der Waals surface area contributed by atoms with Crippen LogP contribution >= 0.6 is 0 Å². The van der Waals surface area contributed by atoms with Gasteiger partial charge in [0, 0.05) is 32.0 Å². The number of nitrogens with one attached hydrogen (secondary N) is 1. The minimum atomic E-state index is -1.33. The van der Waals surface area contributed by atoms with E-state index in [0.717, 1.165) is 31.6 Å². The maximum atomic E-state index is 9.10. The molecule has 0 spiro atoms. The minimum Gasteiger partial charge on any atom is -0.370 e. The molecule has 0 saturated carbocycles. The summed E-state index contributed by atoms with van der Waals surface area (Å²) in [5.41, 5.74) is -0.301. The SMILES string of the molecule is CC(C)(Cc1nc(CCCCNc2ccccn2)no1)CC(O)O. The molecule has 0 aliphatic rings. The molecule has 3 N–H and O–H groups in total. The van der Waals surface area contributed by atoms with Crippen molar-refractivity contribution in [3.8, 4) is 0 Å². The summed E-state index contributed by atoms with van der Waals surface area (Å²) in [4.78, 5) is 8.59. The summed E-state index contributed by atoms with van der Waals surface area (Å²) >= 11 is 0. The molecular weight excluding hydrogens is 308 g/mol. The number of rotatable bonds is 10. The van der Waals surface area contributed by atoms with E-state index in [1.807, 2.05) is 32.0 Å². The zero-order chi connectivity index (χ0) is 17.4. The van der Waals surface area contributed by atoms with Crippen LogP contribution < -0.4 is 5.32 Å². The Bertz CT molecular complexity index is 599. The number of aliphatic hydroxyl groups is 2. The van der Waals surface area contributed by atoms with Gasteiger partial charge in [0.25, 0.3) is 0 Å². The lowest BCUT2D eigenvalue weighted by molar-refractivity contribution is -0.0681. The van der Waals surface area contributed by atoms with E-state index >= 15 is 0 Å². The van der Waals surface area contributed by atoms with Crippen molar-refractivity contribution in [3.63, 3.8) is 0 Å². The molecule has 0 bridgehead atoms. The Hall–Kier alpha value is -1.99. The molecule has 24 heavy (non-hydrogen) atoms. The number of anilines is 1. The highest BCUT2D eigenvalue weighted by Gasteiger charge is 2.24. The molecule has 0 aromatic carbocycles. The Morgan fingerprint density at radius 3 is 2.79 bits per heavy atom. The van der Waals surface area contributed by atoms with E-state index in [0.29, 0.717) is 18.1 Å². The number of unbranched alkanes of at least 4 members (excludes halogenated alkanes) is 1. The average molecular weight is 334 g/mol. The molecule has 0 radical (unpaired) electrons. The van der Waals surface area contributed by atoms with Crippen LogP contribution in [0.15, 0.2) is 28.9 Å². The molecule has 7 nitrogen and oxygen atoms in total. The van der Waals surface area contributed by atoms with E-state index < -0.39 is 6.29 Å². The van der Waals surface area contributed by atoms with Gasteiger partial charge in [0.05, 0.1) is 0 Å². The number of aryl methyl sites for hydroxylation is 1. The summed E-state index contributed by atoms with van der Waals surface area (Å²) in [6, 6.07) is 5.78. The van der Waals surface area contributed by atoms with Crippen molar-refractivity contribution in [3.05, 3.63) is 36.1 Å². The lowest BCUT2D eigenvalue weighted by Gasteiger charge is -2.23. The zero-order valence-electron chi connectivity index (χ0n) is 14.3. The Kier molecular flexibility index (Phi) is 6.69. The lowest BCUT2D eigenvalue weighted by Crippen LogP contribution is -2.22. The third-order valence-electron chi connectivity index (χ3n) is 3.67. The van der Waals surface area contributed by atoms with Crippen molar-refractivity contribution in [2.45, 2.75) is 52.2 Å². The quantitative estimate of drug-likeness (QED) is 0.452. The maximum Gasteiger partial charge on any atom is 0.227 e. The van der Waals surface area contributed by atoms with Crippen LogP contribution in [0.3, 0.4) is 0 Å². The highest BCUT2D eigenvalue weighted by atomic mass is 16.5. The lowest BCUT2D eigenvalue weighted by atomic mass is 9.85. The predicted octanol–water partition coefficient (Wildman–Crippen LogP) is 2.17. The highest BCUT2D eigenvalue weighted by Crippen LogP contribution is 2.26. The van der Waals surface area contributed by atoms with Crippen LogP contribution in [0.25, 0.3) is 0 Å². The van der Waals surface area contributed by atoms with E-state index in [1.54, 1.807) is 6.20 Å². The van der Waals surface area contributed by atoms with Crippen LogP contribution in [0.5, 0.6) is 0 Å². The Balaban J connectivity index is 1.68. The second kappa shape index (κ2) is 8.75. The van der Waals surface area contributed by atoms with Gasteiger partial charge in [0.2, 0.25) is 5.89 Å². The predicted molar refractivity (Wildman–Crippen MR) is 90.3 cm³/mol. The van der Waals surface area contributed by atoms with Gasteiger partial charge in [-0.05, 0) is 30.4 Å². The Morgan fingerprint density at radius 1 is 1.25 bits per heavy atom. The Morgan fingerprint density at radius 2 is 2.08 bits per heavy atom. The van der Waals surface area contributed by atoms with Crippen LogP contribution in [0.2, 0.25) is 0 Å². The fourth-order valence-corrected chi connectivity index (χ4v) is 2.53. The van der Waals surface area contributed by atoms with Crippen molar-refractivity contribution < 1.29 is 14.7 Å². The summed E-state index contributed by atoms with van der Waals surface area (Å²) in [6.45, 7) is 4.74. The number of hydrogen-bond acceptors (Lipinski definition) is 7. The average Bonchev–Trinajstić information content (AvgIpc) is 2.93.